The van der Waals surface area contributed by atoms with Gasteiger partial charge in [-0.25, -0.2) is 4.79 Å². The van der Waals surface area contributed by atoms with Crippen molar-refractivity contribution in [3.05, 3.63) is 11.6 Å². The van der Waals surface area contributed by atoms with Gasteiger partial charge in [0.2, 0.25) is 0 Å². The molecule has 2 rings (SSSR count). The van der Waals surface area contributed by atoms with Crippen molar-refractivity contribution in [2.24, 2.45) is 29.1 Å². The summed E-state index contributed by atoms with van der Waals surface area (Å²) in [5.41, 5.74) is 0.403. The van der Waals surface area contributed by atoms with E-state index >= 15 is 0 Å². The van der Waals surface area contributed by atoms with Crippen LogP contribution in [-0.2, 0) is 14.3 Å². The van der Waals surface area contributed by atoms with E-state index < -0.39 is 0 Å². The maximum absolute atomic E-state index is 11.9. The third kappa shape index (κ3) is 1.72. The molecule has 1 saturated carbocycles. The quantitative estimate of drug-likeness (QED) is 0.571. The van der Waals surface area contributed by atoms with Gasteiger partial charge in [-0.05, 0) is 30.6 Å². The fourth-order valence-corrected chi connectivity index (χ4v) is 3.87. The molecule has 0 N–H and O–H groups in total. The fourth-order valence-electron chi connectivity index (χ4n) is 3.87. The molecule has 2 aliphatic carbocycles. The molecule has 3 heteroatoms. The lowest BCUT2D eigenvalue weighted by Gasteiger charge is -2.42. The first kappa shape index (κ1) is 13.3. The van der Waals surface area contributed by atoms with Crippen molar-refractivity contribution in [2.75, 3.05) is 7.11 Å². The molecule has 0 aromatic carbocycles. The Morgan fingerprint density at radius 3 is 2.72 bits per heavy atom. The van der Waals surface area contributed by atoms with E-state index in [0.717, 1.165) is 24.7 Å². The molecule has 1 fully saturated rings. The van der Waals surface area contributed by atoms with Crippen LogP contribution in [0.5, 0.6) is 0 Å². The summed E-state index contributed by atoms with van der Waals surface area (Å²) in [5, 5.41) is 0. The van der Waals surface area contributed by atoms with Crippen LogP contribution < -0.4 is 0 Å². The maximum atomic E-state index is 11.9. The topological polar surface area (TPSA) is 43.4 Å². The highest BCUT2D eigenvalue weighted by atomic mass is 16.5. The monoisotopic (exact) mass is 250 g/mol. The Kier molecular flexibility index (Phi) is 3.35. The minimum absolute atomic E-state index is 0.0623. The highest BCUT2D eigenvalue weighted by Gasteiger charge is 2.54. The first-order valence-corrected chi connectivity index (χ1v) is 6.71. The van der Waals surface area contributed by atoms with Gasteiger partial charge in [-0.2, -0.15) is 0 Å². The SMILES string of the molecule is COC(=O)C1=C[C@H]2[C@@H](C(C)C)CC[C@]1(C)[C@H]2C=O. The van der Waals surface area contributed by atoms with Crippen LogP contribution in [0.15, 0.2) is 11.6 Å². The van der Waals surface area contributed by atoms with E-state index in [1.165, 1.54) is 7.11 Å². The number of hydrogen-bond acceptors (Lipinski definition) is 3. The zero-order chi connectivity index (χ0) is 13.5. The lowest BCUT2D eigenvalue weighted by molar-refractivity contribution is -0.138. The average Bonchev–Trinajstić information content (AvgIpc) is 2.52. The Hall–Kier alpha value is -1.12. The van der Waals surface area contributed by atoms with E-state index in [4.69, 9.17) is 4.74 Å². The molecule has 0 heterocycles. The highest BCUT2D eigenvalue weighted by molar-refractivity contribution is 5.92. The lowest BCUT2D eigenvalue weighted by Crippen LogP contribution is -2.40. The number of rotatable bonds is 3. The van der Waals surface area contributed by atoms with Crippen molar-refractivity contribution in [3.63, 3.8) is 0 Å². The van der Waals surface area contributed by atoms with Gasteiger partial charge in [-0.1, -0.05) is 26.8 Å². The Morgan fingerprint density at radius 2 is 2.22 bits per heavy atom. The number of aldehydes is 1. The van der Waals surface area contributed by atoms with Crippen molar-refractivity contribution in [2.45, 2.75) is 33.6 Å². The third-order valence-electron chi connectivity index (χ3n) is 5.02. The Bertz CT molecular complexity index is 397. The molecule has 3 nitrogen and oxygen atoms in total. The van der Waals surface area contributed by atoms with Crippen LogP contribution in [0.1, 0.15) is 33.6 Å². The molecular weight excluding hydrogens is 228 g/mol. The van der Waals surface area contributed by atoms with Crippen molar-refractivity contribution in [1.29, 1.82) is 0 Å². The number of ether oxygens (including phenoxy) is 1. The second-order valence-corrected chi connectivity index (χ2v) is 6.18. The second-order valence-electron chi connectivity index (χ2n) is 6.18. The van der Waals surface area contributed by atoms with E-state index in [0.29, 0.717) is 11.8 Å². The minimum atomic E-state index is -0.315. The molecule has 0 spiro atoms. The number of carbonyl (C=O) groups is 2. The van der Waals surface area contributed by atoms with E-state index in [2.05, 4.69) is 13.8 Å². The smallest absolute Gasteiger partial charge is 0.333 e. The average molecular weight is 250 g/mol. The largest absolute Gasteiger partial charge is 0.466 e. The van der Waals surface area contributed by atoms with Gasteiger partial charge in [0, 0.05) is 16.9 Å². The van der Waals surface area contributed by atoms with Crippen LogP contribution in [0.25, 0.3) is 0 Å². The Morgan fingerprint density at radius 1 is 1.56 bits per heavy atom. The molecule has 0 saturated heterocycles. The molecule has 2 bridgehead atoms. The number of hydrogen-bond donors (Lipinski definition) is 0. The van der Waals surface area contributed by atoms with Crippen LogP contribution in [0.2, 0.25) is 0 Å². The summed E-state index contributed by atoms with van der Waals surface area (Å²) in [5.74, 6) is 0.907. The first-order chi connectivity index (χ1) is 8.45. The second kappa shape index (κ2) is 4.52. The van der Waals surface area contributed by atoms with Crippen LogP contribution >= 0.6 is 0 Å². The standard InChI is InChI=1S/C15H22O3/c1-9(2)10-5-6-15(3)12(14(17)18-4)7-11(10)13(15)8-16/h7-11,13H,5-6H2,1-4H3/t10-,11+,13+,15+/m1/s1. The highest BCUT2D eigenvalue weighted by Crippen LogP contribution is 2.57. The number of fused-ring (bicyclic) bond motifs is 2. The molecular formula is C15H22O3. The molecule has 0 aliphatic heterocycles. The van der Waals surface area contributed by atoms with Crippen molar-refractivity contribution < 1.29 is 14.3 Å². The predicted octanol–water partition coefficient (Wildman–Crippen LogP) is 2.60. The van der Waals surface area contributed by atoms with Gasteiger partial charge in [0.05, 0.1) is 7.11 Å². The fraction of sp³-hybridized carbons (Fsp3) is 0.733. The summed E-state index contributed by atoms with van der Waals surface area (Å²) in [7, 11) is 1.41. The van der Waals surface area contributed by atoms with E-state index in [-0.39, 0.29) is 23.2 Å². The molecule has 0 aromatic rings. The summed E-state index contributed by atoms with van der Waals surface area (Å²) >= 11 is 0. The molecule has 0 unspecified atom stereocenters. The van der Waals surface area contributed by atoms with E-state index in [1.807, 2.05) is 13.0 Å². The molecule has 4 atom stereocenters. The van der Waals surface area contributed by atoms with Gasteiger partial charge in [0.25, 0.3) is 0 Å². The lowest BCUT2D eigenvalue weighted by atomic mass is 9.60. The van der Waals surface area contributed by atoms with Crippen molar-refractivity contribution in [3.8, 4) is 0 Å². The summed E-state index contributed by atoms with van der Waals surface area (Å²) in [6, 6.07) is 0. The van der Waals surface area contributed by atoms with Crippen LogP contribution in [0.3, 0.4) is 0 Å². The number of methoxy groups -OCH3 is 1. The van der Waals surface area contributed by atoms with Crippen LogP contribution in [0, 0.1) is 29.1 Å². The van der Waals surface area contributed by atoms with Crippen LogP contribution in [-0.4, -0.2) is 19.4 Å². The normalized spacial score (nSPS) is 38.5. The number of carbonyl (C=O) groups excluding carboxylic acids is 2. The zero-order valence-electron chi connectivity index (χ0n) is 11.6. The van der Waals surface area contributed by atoms with Gasteiger partial charge in [0.1, 0.15) is 6.29 Å². The summed E-state index contributed by atoms with van der Waals surface area (Å²) in [6.07, 6.45) is 5.05. The molecule has 0 radical (unpaired) electrons. The summed E-state index contributed by atoms with van der Waals surface area (Å²) in [6.45, 7) is 6.42. The Labute approximate surface area is 109 Å². The molecule has 18 heavy (non-hydrogen) atoms. The van der Waals surface area contributed by atoms with Gasteiger partial charge in [-0.15, -0.1) is 0 Å². The first-order valence-electron chi connectivity index (χ1n) is 6.71. The van der Waals surface area contributed by atoms with E-state index in [9.17, 15) is 9.59 Å². The van der Waals surface area contributed by atoms with Gasteiger partial charge in [-0.3, -0.25) is 0 Å². The van der Waals surface area contributed by atoms with Gasteiger partial charge < -0.3 is 9.53 Å². The Balaban J connectivity index is 2.41. The maximum Gasteiger partial charge on any atom is 0.333 e. The van der Waals surface area contributed by atoms with Gasteiger partial charge >= 0.3 is 5.97 Å². The summed E-state index contributed by atoms with van der Waals surface area (Å²) in [4.78, 5) is 23.4. The number of esters is 1. The van der Waals surface area contributed by atoms with E-state index in [1.54, 1.807) is 0 Å². The molecule has 0 aromatic heterocycles. The number of allylic oxidation sites excluding steroid dienone is 1. The molecule has 0 amide bonds. The van der Waals surface area contributed by atoms with Gasteiger partial charge in [0.15, 0.2) is 0 Å². The van der Waals surface area contributed by atoms with Crippen molar-refractivity contribution >= 4 is 12.3 Å². The summed E-state index contributed by atoms with van der Waals surface area (Å²) < 4.78 is 4.87. The zero-order valence-corrected chi connectivity index (χ0v) is 11.6. The molecule has 100 valence electrons. The predicted molar refractivity (Wildman–Crippen MR) is 68.8 cm³/mol. The van der Waals surface area contributed by atoms with Crippen molar-refractivity contribution in [1.82, 2.24) is 0 Å². The minimum Gasteiger partial charge on any atom is -0.466 e. The van der Waals surface area contributed by atoms with Crippen LogP contribution in [0.4, 0.5) is 0 Å². The molecule has 2 aliphatic rings. The third-order valence-corrected chi connectivity index (χ3v) is 5.02.